The highest BCUT2D eigenvalue weighted by molar-refractivity contribution is 5.75. The van der Waals surface area contributed by atoms with Crippen molar-refractivity contribution in [1.82, 2.24) is 0 Å². The number of hydrogen-bond donors (Lipinski definition) is 0. The van der Waals surface area contributed by atoms with E-state index in [1.807, 2.05) is 13.8 Å². The molecule has 0 aromatic carbocycles. The summed E-state index contributed by atoms with van der Waals surface area (Å²) < 4.78 is 9.69. The van der Waals surface area contributed by atoms with Gasteiger partial charge in [0.2, 0.25) is 0 Å². The van der Waals surface area contributed by atoms with Crippen LogP contribution in [0.3, 0.4) is 0 Å². The summed E-state index contributed by atoms with van der Waals surface area (Å²) in [4.78, 5) is 22.0. The number of esters is 2. The Morgan fingerprint density at radius 3 is 2.33 bits per heavy atom. The van der Waals surface area contributed by atoms with Crippen LogP contribution < -0.4 is 0 Å². The van der Waals surface area contributed by atoms with Gasteiger partial charge in [-0.3, -0.25) is 4.79 Å². The molecule has 0 aliphatic carbocycles. The summed E-state index contributed by atoms with van der Waals surface area (Å²) in [5, 5.41) is 0. The molecule has 0 bridgehead atoms. The fourth-order valence-corrected chi connectivity index (χ4v) is 1.12. The minimum absolute atomic E-state index is 0.343. The van der Waals surface area contributed by atoms with Gasteiger partial charge in [-0.15, -0.1) is 0 Å². The van der Waals surface area contributed by atoms with Crippen LogP contribution in [0.15, 0.2) is 12.2 Å². The molecule has 0 aliphatic rings. The summed E-state index contributed by atoms with van der Waals surface area (Å²) in [6.07, 6.45) is 0.135. The smallest absolute Gasteiger partial charge is 0.345 e. The lowest BCUT2D eigenvalue weighted by molar-refractivity contribution is -0.159. The molecular formula is C14H20O4. The fraction of sp³-hybridized carbons (Fsp3) is 0.571. The number of hydrogen-bond acceptors (Lipinski definition) is 4. The monoisotopic (exact) mass is 252 g/mol. The molecule has 1 atom stereocenters. The molecule has 0 fully saturated rings. The molecule has 0 N–H and O–H groups in total. The van der Waals surface area contributed by atoms with Crippen molar-refractivity contribution in [3.8, 4) is 11.8 Å². The van der Waals surface area contributed by atoms with Crippen LogP contribution in [-0.4, -0.2) is 24.6 Å². The summed E-state index contributed by atoms with van der Waals surface area (Å²) in [5.41, 5.74) is 0.708. The molecule has 0 radical (unpaired) electrons. The Morgan fingerprint density at radius 1 is 1.28 bits per heavy atom. The SMILES string of the molecule is C=C(C)C#CC(CC(C)C)OC(=O)COC(C)=O. The molecule has 18 heavy (non-hydrogen) atoms. The molecular weight excluding hydrogens is 232 g/mol. The second-order valence-electron chi connectivity index (χ2n) is 4.44. The molecule has 0 spiro atoms. The lowest BCUT2D eigenvalue weighted by atomic mass is 10.1. The zero-order valence-electron chi connectivity index (χ0n) is 11.4. The van der Waals surface area contributed by atoms with Crippen molar-refractivity contribution in [1.29, 1.82) is 0 Å². The molecule has 4 nitrogen and oxygen atoms in total. The van der Waals surface area contributed by atoms with Crippen LogP contribution in [0.25, 0.3) is 0 Å². The van der Waals surface area contributed by atoms with E-state index in [4.69, 9.17) is 4.74 Å². The van der Waals surface area contributed by atoms with Crippen LogP contribution in [0.2, 0.25) is 0 Å². The first-order valence-electron chi connectivity index (χ1n) is 5.81. The number of rotatable bonds is 5. The Hall–Kier alpha value is -1.76. The topological polar surface area (TPSA) is 52.6 Å². The van der Waals surface area contributed by atoms with Gasteiger partial charge in [0.05, 0.1) is 0 Å². The minimum atomic E-state index is -0.591. The minimum Gasteiger partial charge on any atom is -0.454 e. The van der Waals surface area contributed by atoms with Crippen LogP contribution in [0, 0.1) is 17.8 Å². The van der Waals surface area contributed by atoms with Crippen LogP contribution >= 0.6 is 0 Å². The Balaban J connectivity index is 4.41. The van der Waals surface area contributed by atoms with Crippen molar-refractivity contribution in [2.75, 3.05) is 6.61 Å². The largest absolute Gasteiger partial charge is 0.454 e. The Kier molecular flexibility index (Phi) is 7.53. The van der Waals surface area contributed by atoms with Gasteiger partial charge in [-0.2, -0.15) is 0 Å². The fourth-order valence-electron chi connectivity index (χ4n) is 1.12. The van der Waals surface area contributed by atoms with Gasteiger partial charge in [-0.25, -0.2) is 4.79 Å². The summed E-state index contributed by atoms with van der Waals surface area (Å²) in [5.74, 6) is 4.87. The second kappa shape index (κ2) is 8.35. The lowest BCUT2D eigenvalue weighted by Crippen LogP contribution is -2.22. The average molecular weight is 252 g/mol. The third-order valence-corrected chi connectivity index (χ3v) is 1.80. The van der Waals surface area contributed by atoms with Gasteiger partial charge >= 0.3 is 11.9 Å². The maximum Gasteiger partial charge on any atom is 0.345 e. The lowest BCUT2D eigenvalue weighted by Gasteiger charge is -2.14. The van der Waals surface area contributed by atoms with E-state index in [9.17, 15) is 9.59 Å². The molecule has 4 heteroatoms. The predicted molar refractivity (Wildman–Crippen MR) is 68.6 cm³/mol. The highest BCUT2D eigenvalue weighted by Crippen LogP contribution is 2.08. The van der Waals surface area contributed by atoms with Crippen LogP contribution in [0.5, 0.6) is 0 Å². The number of ether oxygens (including phenoxy) is 2. The third kappa shape index (κ3) is 9.46. The maximum absolute atomic E-state index is 11.4. The van der Waals surface area contributed by atoms with Crippen molar-refractivity contribution in [2.24, 2.45) is 5.92 Å². The van der Waals surface area contributed by atoms with Gasteiger partial charge in [0.1, 0.15) is 0 Å². The van der Waals surface area contributed by atoms with Crippen molar-refractivity contribution >= 4 is 11.9 Å². The highest BCUT2D eigenvalue weighted by Gasteiger charge is 2.14. The van der Waals surface area contributed by atoms with Gasteiger partial charge in [0, 0.05) is 6.92 Å². The molecule has 100 valence electrons. The Bertz CT molecular complexity index is 371. The summed E-state index contributed by atoms with van der Waals surface area (Å²) in [6.45, 7) is 10.3. The summed E-state index contributed by atoms with van der Waals surface area (Å²) in [7, 11) is 0. The van der Waals surface area contributed by atoms with E-state index in [0.29, 0.717) is 17.9 Å². The van der Waals surface area contributed by atoms with E-state index in [1.165, 1.54) is 6.92 Å². The maximum atomic E-state index is 11.4. The molecule has 0 aromatic rings. The van der Waals surface area contributed by atoms with Crippen molar-refractivity contribution in [3.05, 3.63) is 12.2 Å². The summed E-state index contributed by atoms with van der Waals surface area (Å²) in [6, 6.07) is 0. The molecule has 0 saturated carbocycles. The normalized spacial score (nSPS) is 11.2. The molecule has 0 aliphatic heterocycles. The number of carbonyl (C=O) groups is 2. The predicted octanol–water partition coefficient (Wildman–Crippen LogP) is 2.09. The van der Waals surface area contributed by atoms with Gasteiger partial charge in [-0.05, 0) is 24.8 Å². The van der Waals surface area contributed by atoms with E-state index >= 15 is 0 Å². The van der Waals surface area contributed by atoms with Gasteiger partial charge in [-0.1, -0.05) is 32.3 Å². The van der Waals surface area contributed by atoms with Crippen LogP contribution in [-0.2, 0) is 19.1 Å². The summed E-state index contributed by atoms with van der Waals surface area (Å²) >= 11 is 0. The third-order valence-electron chi connectivity index (χ3n) is 1.80. The van der Waals surface area contributed by atoms with Crippen molar-refractivity contribution in [3.63, 3.8) is 0 Å². The first kappa shape index (κ1) is 16.2. The van der Waals surface area contributed by atoms with Crippen molar-refractivity contribution in [2.45, 2.75) is 40.2 Å². The van der Waals surface area contributed by atoms with Crippen LogP contribution in [0.4, 0.5) is 0 Å². The zero-order chi connectivity index (χ0) is 14.1. The zero-order valence-corrected chi connectivity index (χ0v) is 11.4. The Morgan fingerprint density at radius 2 is 1.89 bits per heavy atom. The van der Waals surface area contributed by atoms with Gasteiger partial charge in [0.15, 0.2) is 12.7 Å². The van der Waals surface area contributed by atoms with Gasteiger partial charge in [0.25, 0.3) is 0 Å². The molecule has 0 saturated heterocycles. The van der Waals surface area contributed by atoms with E-state index in [-0.39, 0.29) is 6.61 Å². The van der Waals surface area contributed by atoms with Crippen molar-refractivity contribution < 1.29 is 19.1 Å². The first-order valence-corrected chi connectivity index (χ1v) is 5.81. The van der Waals surface area contributed by atoms with E-state index < -0.39 is 18.0 Å². The van der Waals surface area contributed by atoms with E-state index in [0.717, 1.165) is 0 Å². The average Bonchev–Trinajstić information content (AvgIpc) is 2.22. The molecule has 0 aromatic heterocycles. The first-order chi connectivity index (χ1) is 8.31. The standard InChI is InChI=1S/C14H20O4/c1-10(2)6-7-13(8-11(3)4)18-14(16)9-17-12(5)15/h11,13H,1,8-9H2,2-5H3. The highest BCUT2D eigenvalue weighted by atomic mass is 16.6. The molecule has 1 unspecified atom stereocenters. The Labute approximate surface area is 108 Å². The second-order valence-corrected chi connectivity index (χ2v) is 4.44. The number of carbonyl (C=O) groups excluding carboxylic acids is 2. The van der Waals surface area contributed by atoms with Gasteiger partial charge < -0.3 is 9.47 Å². The van der Waals surface area contributed by atoms with Crippen LogP contribution in [0.1, 0.15) is 34.1 Å². The molecule has 0 amide bonds. The van der Waals surface area contributed by atoms with E-state index in [1.54, 1.807) is 6.92 Å². The molecule has 0 heterocycles. The molecule has 0 rings (SSSR count). The number of allylic oxidation sites excluding steroid dienone is 1. The van der Waals surface area contributed by atoms with E-state index in [2.05, 4.69) is 23.2 Å². The quantitative estimate of drug-likeness (QED) is 0.555.